The molecule has 7 heteroatoms. The Labute approximate surface area is 153 Å². The van der Waals surface area contributed by atoms with Crippen LogP contribution in [0.5, 0.6) is 0 Å². The maximum absolute atomic E-state index is 11.9. The number of amides is 1. The molecule has 1 amide bonds. The van der Waals surface area contributed by atoms with Crippen molar-refractivity contribution in [2.24, 2.45) is 0 Å². The number of nitrogens with zero attached hydrogens (tertiary/aromatic N) is 2. The molecule has 1 aliphatic heterocycles. The normalized spacial score (nSPS) is 14.8. The van der Waals surface area contributed by atoms with Gasteiger partial charge in [0.05, 0.1) is 6.26 Å². The van der Waals surface area contributed by atoms with E-state index in [-0.39, 0.29) is 24.1 Å². The van der Waals surface area contributed by atoms with E-state index < -0.39 is 0 Å². The van der Waals surface area contributed by atoms with Gasteiger partial charge in [0, 0.05) is 32.7 Å². The van der Waals surface area contributed by atoms with Gasteiger partial charge in [-0.3, -0.25) is 15.0 Å². The van der Waals surface area contributed by atoms with Crippen molar-refractivity contribution >= 4 is 23.2 Å². The van der Waals surface area contributed by atoms with Crippen LogP contribution in [-0.4, -0.2) is 47.0 Å². The molecule has 24 heavy (non-hydrogen) atoms. The predicted molar refractivity (Wildman–Crippen MR) is 92.1 cm³/mol. The molecule has 0 unspecified atom stereocenters. The molecule has 1 aromatic carbocycles. The first kappa shape index (κ1) is 18.4. The van der Waals surface area contributed by atoms with Crippen molar-refractivity contribution in [3.05, 3.63) is 60.1 Å². The molecule has 0 spiro atoms. The molecule has 3 rings (SSSR count). The third-order valence-electron chi connectivity index (χ3n) is 3.87. The minimum atomic E-state index is -0.299. The second-order valence-corrected chi connectivity index (χ2v) is 5.87. The molecular formula is C17H19ClN3O2S-. The lowest BCUT2D eigenvalue weighted by atomic mass is 10.2. The lowest BCUT2D eigenvalue weighted by molar-refractivity contribution is -0.0000131. The van der Waals surface area contributed by atoms with Gasteiger partial charge in [0.2, 0.25) is 0 Å². The Balaban J connectivity index is 0.00000208. The second kappa shape index (κ2) is 8.82. The monoisotopic (exact) mass is 364 g/mol. The van der Waals surface area contributed by atoms with Crippen LogP contribution in [0, 0.1) is 0 Å². The SMILES string of the molecule is O=C(NC(=S)N1CCN(Cc2ccccc2)CC1)c1ccco1.[Cl-]. The van der Waals surface area contributed by atoms with Gasteiger partial charge in [-0.1, -0.05) is 30.3 Å². The quantitative estimate of drug-likeness (QED) is 0.717. The third kappa shape index (κ3) is 4.80. The summed E-state index contributed by atoms with van der Waals surface area (Å²) in [4.78, 5) is 16.4. The van der Waals surface area contributed by atoms with Crippen molar-refractivity contribution in [2.75, 3.05) is 26.2 Å². The molecule has 1 aliphatic rings. The number of benzene rings is 1. The van der Waals surface area contributed by atoms with Gasteiger partial charge in [0.15, 0.2) is 10.9 Å². The van der Waals surface area contributed by atoms with Crippen LogP contribution < -0.4 is 17.7 Å². The number of hydrogen-bond acceptors (Lipinski definition) is 4. The summed E-state index contributed by atoms with van der Waals surface area (Å²) in [5, 5.41) is 3.19. The van der Waals surface area contributed by atoms with E-state index in [1.165, 1.54) is 11.8 Å². The number of halogens is 1. The molecule has 2 heterocycles. The Morgan fingerprint density at radius 1 is 1.08 bits per heavy atom. The van der Waals surface area contributed by atoms with Crippen LogP contribution in [0.2, 0.25) is 0 Å². The van der Waals surface area contributed by atoms with Crippen LogP contribution in [-0.2, 0) is 6.54 Å². The maximum atomic E-state index is 11.9. The summed E-state index contributed by atoms with van der Waals surface area (Å²) in [6.45, 7) is 4.41. The summed E-state index contributed by atoms with van der Waals surface area (Å²) in [7, 11) is 0. The zero-order valence-electron chi connectivity index (χ0n) is 13.2. The van der Waals surface area contributed by atoms with E-state index in [1.807, 2.05) is 11.0 Å². The van der Waals surface area contributed by atoms with Crippen molar-refractivity contribution in [3.63, 3.8) is 0 Å². The molecule has 0 saturated carbocycles. The van der Waals surface area contributed by atoms with Crippen molar-refractivity contribution < 1.29 is 21.6 Å². The van der Waals surface area contributed by atoms with Gasteiger partial charge in [-0.05, 0) is 29.9 Å². The molecule has 128 valence electrons. The Bertz CT molecular complexity index is 656. The molecule has 2 aromatic rings. The van der Waals surface area contributed by atoms with Crippen LogP contribution in [0.1, 0.15) is 16.1 Å². The van der Waals surface area contributed by atoms with Crippen molar-refractivity contribution in [1.29, 1.82) is 0 Å². The Kier molecular flexibility index (Phi) is 6.78. The lowest BCUT2D eigenvalue weighted by Crippen LogP contribution is -3.00. The highest BCUT2D eigenvalue weighted by atomic mass is 35.5. The first-order valence-corrected chi connectivity index (χ1v) is 8.03. The molecule has 0 radical (unpaired) electrons. The van der Waals surface area contributed by atoms with Crippen molar-refractivity contribution in [1.82, 2.24) is 15.1 Å². The summed E-state index contributed by atoms with van der Waals surface area (Å²) in [6.07, 6.45) is 1.47. The van der Waals surface area contributed by atoms with E-state index in [2.05, 4.69) is 34.5 Å². The molecule has 1 fully saturated rings. The van der Waals surface area contributed by atoms with E-state index in [0.29, 0.717) is 5.11 Å². The lowest BCUT2D eigenvalue weighted by Gasteiger charge is -2.35. The summed E-state index contributed by atoms with van der Waals surface area (Å²) in [5.74, 6) is -0.0261. The van der Waals surface area contributed by atoms with Crippen molar-refractivity contribution in [3.8, 4) is 0 Å². The first-order chi connectivity index (χ1) is 11.2. The molecule has 0 atom stereocenters. The van der Waals surface area contributed by atoms with E-state index in [9.17, 15) is 4.79 Å². The average molecular weight is 365 g/mol. The summed E-state index contributed by atoms with van der Waals surface area (Å²) in [5.41, 5.74) is 1.31. The fourth-order valence-electron chi connectivity index (χ4n) is 2.60. The number of piperazine rings is 1. The fourth-order valence-corrected chi connectivity index (χ4v) is 2.87. The van der Waals surface area contributed by atoms with E-state index in [1.54, 1.807) is 12.1 Å². The zero-order chi connectivity index (χ0) is 16.1. The van der Waals surface area contributed by atoms with E-state index in [0.717, 1.165) is 32.7 Å². The number of nitrogens with one attached hydrogen (secondary N) is 1. The molecule has 1 aromatic heterocycles. The number of thiocarbonyl (C=S) groups is 1. The zero-order valence-corrected chi connectivity index (χ0v) is 14.7. The number of carbonyl (C=O) groups excluding carboxylic acids is 1. The molecule has 0 bridgehead atoms. The predicted octanol–water partition coefficient (Wildman–Crippen LogP) is -0.884. The maximum Gasteiger partial charge on any atom is 0.293 e. The average Bonchev–Trinajstić information content (AvgIpc) is 3.11. The Hall–Kier alpha value is -1.89. The van der Waals surface area contributed by atoms with E-state index in [4.69, 9.17) is 16.6 Å². The number of furan rings is 1. The van der Waals surface area contributed by atoms with Gasteiger partial charge < -0.3 is 21.7 Å². The number of carbonyl (C=O) groups is 1. The van der Waals surface area contributed by atoms with Gasteiger partial charge in [-0.25, -0.2) is 0 Å². The Morgan fingerprint density at radius 2 is 1.79 bits per heavy atom. The molecule has 0 aliphatic carbocycles. The van der Waals surface area contributed by atoms with Gasteiger partial charge >= 0.3 is 0 Å². The van der Waals surface area contributed by atoms with Crippen LogP contribution in [0.3, 0.4) is 0 Å². The molecular weight excluding hydrogens is 346 g/mol. The highest BCUT2D eigenvalue weighted by Gasteiger charge is 2.21. The van der Waals surface area contributed by atoms with Crippen LogP contribution in [0.25, 0.3) is 0 Å². The number of hydrogen-bond donors (Lipinski definition) is 1. The van der Waals surface area contributed by atoms with Gasteiger partial charge in [-0.15, -0.1) is 0 Å². The van der Waals surface area contributed by atoms with Crippen molar-refractivity contribution in [2.45, 2.75) is 6.54 Å². The Morgan fingerprint density at radius 3 is 2.42 bits per heavy atom. The minimum absolute atomic E-state index is 0. The van der Waals surface area contributed by atoms with Gasteiger partial charge in [0.25, 0.3) is 5.91 Å². The summed E-state index contributed by atoms with van der Waals surface area (Å²) in [6, 6.07) is 13.7. The minimum Gasteiger partial charge on any atom is -1.00 e. The smallest absolute Gasteiger partial charge is 0.293 e. The third-order valence-corrected chi connectivity index (χ3v) is 4.23. The fraction of sp³-hybridized carbons (Fsp3) is 0.294. The highest BCUT2D eigenvalue weighted by Crippen LogP contribution is 2.09. The topological polar surface area (TPSA) is 48.7 Å². The molecule has 1 N–H and O–H groups in total. The molecule has 5 nitrogen and oxygen atoms in total. The first-order valence-electron chi connectivity index (χ1n) is 7.62. The number of rotatable bonds is 3. The summed E-state index contributed by atoms with van der Waals surface area (Å²) < 4.78 is 5.07. The van der Waals surface area contributed by atoms with Crippen LogP contribution in [0.15, 0.2) is 53.1 Å². The van der Waals surface area contributed by atoms with Gasteiger partial charge in [-0.2, -0.15) is 0 Å². The largest absolute Gasteiger partial charge is 1.00 e. The molecule has 1 saturated heterocycles. The summed E-state index contributed by atoms with van der Waals surface area (Å²) >= 11 is 5.33. The second-order valence-electron chi connectivity index (χ2n) is 5.49. The standard InChI is InChI=1S/C17H19N3O2S.ClH/c21-16(15-7-4-12-22-15)18-17(23)20-10-8-19(9-11-20)13-14-5-2-1-3-6-14;/h1-7,12H,8-11,13H2,(H,18,21,23);1H/p-1. The van der Waals surface area contributed by atoms with Crippen LogP contribution >= 0.6 is 12.2 Å². The highest BCUT2D eigenvalue weighted by molar-refractivity contribution is 7.80. The van der Waals surface area contributed by atoms with Gasteiger partial charge in [0.1, 0.15) is 0 Å². The van der Waals surface area contributed by atoms with Crippen LogP contribution in [0.4, 0.5) is 0 Å². The van der Waals surface area contributed by atoms with E-state index >= 15 is 0 Å².